The summed E-state index contributed by atoms with van der Waals surface area (Å²) < 4.78 is 0. The van der Waals surface area contributed by atoms with Crippen molar-refractivity contribution in [2.24, 2.45) is 0 Å². The van der Waals surface area contributed by atoms with E-state index in [0.717, 1.165) is 12.0 Å². The molecule has 0 bridgehead atoms. The van der Waals surface area contributed by atoms with E-state index in [2.05, 4.69) is 73.0 Å². The Bertz CT molecular complexity index is 1080. The van der Waals surface area contributed by atoms with Crippen LogP contribution in [0.5, 0.6) is 0 Å². The van der Waals surface area contributed by atoms with Gasteiger partial charge in [0.05, 0.1) is 0 Å². The van der Waals surface area contributed by atoms with Crippen LogP contribution in [0.2, 0.25) is 0 Å². The molecule has 2 atom stereocenters. The van der Waals surface area contributed by atoms with Crippen LogP contribution in [-0.4, -0.2) is 54.2 Å². The molecule has 1 saturated heterocycles. The number of benzene rings is 2. The van der Waals surface area contributed by atoms with Gasteiger partial charge >= 0.3 is 0 Å². The van der Waals surface area contributed by atoms with Gasteiger partial charge in [0.15, 0.2) is 6.04 Å². The number of hydrogen-bond donors (Lipinski definition) is 1. The van der Waals surface area contributed by atoms with E-state index in [-0.39, 0.29) is 5.91 Å². The van der Waals surface area contributed by atoms with E-state index in [1.807, 2.05) is 30.3 Å². The van der Waals surface area contributed by atoms with Crippen LogP contribution in [0.15, 0.2) is 96.6 Å². The first-order valence-corrected chi connectivity index (χ1v) is 11.9. The topological polar surface area (TPSA) is 69.7 Å². The lowest BCUT2D eigenvalue weighted by molar-refractivity contribution is -0.151. The van der Waals surface area contributed by atoms with Gasteiger partial charge in [-0.25, -0.2) is 0 Å². The van der Waals surface area contributed by atoms with Crippen molar-refractivity contribution in [1.82, 2.24) is 15.1 Å². The van der Waals surface area contributed by atoms with Gasteiger partial charge in [-0.05, 0) is 23.1 Å². The van der Waals surface area contributed by atoms with Crippen molar-refractivity contribution in [3.05, 3.63) is 108 Å². The van der Waals surface area contributed by atoms with E-state index in [1.165, 1.54) is 20.9 Å². The zero-order valence-electron chi connectivity index (χ0n) is 20.3. The number of carbonyl (C=O) groups is 3. The number of rotatable bonds is 6. The number of nitrogens with one attached hydrogen (secondary N) is 1. The van der Waals surface area contributed by atoms with Crippen LogP contribution in [0.25, 0.3) is 0 Å². The number of nitrogens with zero attached hydrogens (tertiary/aromatic N) is 2. The normalized spacial score (nSPS) is 18.1. The summed E-state index contributed by atoms with van der Waals surface area (Å²) in [5.74, 6) is -0.323. The zero-order chi connectivity index (χ0) is 25.0. The van der Waals surface area contributed by atoms with E-state index in [4.69, 9.17) is 0 Å². The minimum atomic E-state index is -1.06. The molecule has 0 spiro atoms. The minimum absolute atomic E-state index is 0.333. The van der Waals surface area contributed by atoms with Crippen LogP contribution in [0, 0.1) is 0 Å². The zero-order valence-corrected chi connectivity index (χ0v) is 20.3. The Labute approximate surface area is 207 Å². The summed E-state index contributed by atoms with van der Waals surface area (Å²) in [5.41, 5.74) is 3.70. The molecule has 1 aliphatic carbocycles. The van der Waals surface area contributed by atoms with E-state index in [1.54, 1.807) is 7.05 Å². The molecule has 3 amide bonds. The Kier molecular flexibility index (Phi) is 9.60. The second-order valence-corrected chi connectivity index (χ2v) is 8.57. The predicted molar refractivity (Wildman–Crippen MR) is 138 cm³/mol. The van der Waals surface area contributed by atoms with Crippen LogP contribution in [-0.2, 0) is 20.9 Å². The summed E-state index contributed by atoms with van der Waals surface area (Å²) in [6, 6.07) is 19.0. The Morgan fingerprint density at radius 2 is 1.74 bits per heavy atom. The summed E-state index contributed by atoms with van der Waals surface area (Å²) in [6.45, 7) is 3.40. The summed E-state index contributed by atoms with van der Waals surface area (Å²) in [6.07, 6.45) is 12.6. The molecule has 2 aromatic rings. The standard InChI is InChI=1S/C15H16.C14H17N3O3/c1-13(15-11-7-4-8-12-15)14-9-5-2-3-6-10-14;1-16-7-8-17(10-18)12(14(16)20)13(19)15-9-11-5-3-2-4-6-11/h2,4-13H,3H2,1H3;2-6,10,12H,7-9H2,1H3,(H,15,19). The summed E-state index contributed by atoms with van der Waals surface area (Å²) in [5, 5.41) is 2.70. The quantitative estimate of drug-likeness (QED) is 0.514. The molecule has 6 heteroatoms. The lowest BCUT2D eigenvalue weighted by atomic mass is 9.92. The van der Waals surface area contributed by atoms with Crippen LogP contribution in [0.4, 0.5) is 0 Å². The van der Waals surface area contributed by atoms with Gasteiger partial charge in [-0.3, -0.25) is 14.4 Å². The van der Waals surface area contributed by atoms with E-state index in [0.29, 0.717) is 32.0 Å². The van der Waals surface area contributed by atoms with Crippen molar-refractivity contribution in [2.75, 3.05) is 20.1 Å². The Balaban J connectivity index is 0.000000203. The van der Waals surface area contributed by atoms with Crippen molar-refractivity contribution in [2.45, 2.75) is 31.8 Å². The monoisotopic (exact) mass is 471 g/mol. The Hall–Kier alpha value is -3.93. The van der Waals surface area contributed by atoms with Gasteiger partial charge in [-0.2, -0.15) is 0 Å². The Morgan fingerprint density at radius 1 is 1.06 bits per heavy atom. The summed E-state index contributed by atoms with van der Waals surface area (Å²) in [7, 11) is 1.63. The van der Waals surface area contributed by atoms with Gasteiger partial charge in [0.1, 0.15) is 0 Å². The first kappa shape index (κ1) is 25.7. The second kappa shape index (κ2) is 13.1. The average Bonchev–Trinajstić information content (AvgIpc) is 3.19. The van der Waals surface area contributed by atoms with Crippen LogP contribution in [0.3, 0.4) is 0 Å². The molecule has 4 rings (SSSR count). The molecule has 0 aromatic heterocycles. The molecule has 35 heavy (non-hydrogen) atoms. The maximum Gasteiger partial charge on any atom is 0.254 e. The van der Waals surface area contributed by atoms with Gasteiger partial charge in [0.25, 0.3) is 11.8 Å². The molecular weight excluding hydrogens is 438 g/mol. The number of likely N-dealkylation sites (N-methyl/N-ethyl adjacent to an activating group) is 1. The molecule has 1 heterocycles. The Morgan fingerprint density at radius 3 is 2.43 bits per heavy atom. The number of amides is 3. The van der Waals surface area contributed by atoms with Gasteiger partial charge in [-0.1, -0.05) is 98.0 Å². The fourth-order valence-electron chi connectivity index (χ4n) is 3.93. The highest BCUT2D eigenvalue weighted by Crippen LogP contribution is 2.25. The largest absolute Gasteiger partial charge is 0.350 e. The van der Waals surface area contributed by atoms with E-state index >= 15 is 0 Å². The van der Waals surface area contributed by atoms with Crippen molar-refractivity contribution < 1.29 is 14.4 Å². The summed E-state index contributed by atoms with van der Waals surface area (Å²) >= 11 is 0. The maximum absolute atomic E-state index is 12.1. The van der Waals surface area contributed by atoms with Crippen LogP contribution < -0.4 is 5.32 Å². The minimum Gasteiger partial charge on any atom is -0.350 e. The molecule has 0 radical (unpaired) electrons. The highest BCUT2D eigenvalue weighted by molar-refractivity contribution is 6.06. The van der Waals surface area contributed by atoms with Crippen molar-refractivity contribution in [3.8, 4) is 0 Å². The highest BCUT2D eigenvalue weighted by Gasteiger charge is 2.37. The van der Waals surface area contributed by atoms with E-state index < -0.39 is 11.9 Å². The third-order valence-electron chi connectivity index (χ3n) is 6.14. The van der Waals surface area contributed by atoms with Crippen molar-refractivity contribution in [1.29, 1.82) is 0 Å². The molecule has 1 N–H and O–H groups in total. The first-order valence-electron chi connectivity index (χ1n) is 11.9. The van der Waals surface area contributed by atoms with E-state index in [9.17, 15) is 14.4 Å². The second-order valence-electron chi connectivity index (χ2n) is 8.57. The molecule has 2 aliphatic rings. The molecule has 182 valence electrons. The van der Waals surface area contributed by atoms with Crippen LogP contribution in [0.1, 0.15) is 30.4 Å². The van der Waals surface area contributed by atoms with Gasteiger partial charge in [0, 0.05) is 32.6 Å². The maximum atomic E-state index is 12.1. The number of hydrogen-bond acceptors (Lipinski definition) is 3. The molecule has 1 fully saturated rings. The van der Waals surface area contributed by atoms with Gasteiger partial charge in [0.2, 0.25) is 6.41 Å². The molecule has 2 aromatic carbocycles. The SMILES string of the molecule is CC(C1=CC=CCC=C1)c1ccccc1.CN1CCN(C=O)C(C(=O)NCc2ccccc2)C1=O. The molecular formula is C29H33N3O3. The van der Waals surface area contributed by atoms with Gasteiger partial charge < -0.3 is 15.1 Å². The van der Waals surface area contributed by atoms with Gasteiger partial charge in [-0.15, -0.1) is 0 Å². The smallest absolute Gasteiger partial charge is 0.254 e. The molecule has 2 unspecified atom stereocenters. The molecule has 0 saturated carbocycles. The lowest BCUT2D eigenvalue weighted by Crippen LogP contribution is -2.60. The van der Waals surface area contributed by atoms with Crippen LogP contribution >= 0.6 is 0 Å². The fourth-order valence-corrected chi connectivity index (χ4v) is 3.93. The third kappa shape index (κ3) is 7.27. The third-order valence-corrected chi connectivity index (χ3v) is 6.14. The highest BCUT2D eigenvalue weighted by atomic mass is 16.2. The average molecular weight is 472 g/mol. The fraction of sp³-hybridized carbons (Fsp3) is 0.276. The van der Waals surface area contributed by atoms with Crippen molar-refractivity contribution in [3.63, 3.8) is 0 Å². The molecule has 1 aliphatic heterocycles. The number of carbonyl (C=O) groups excluding carboxylic acids is 3. The predicted octanol–water partition coefficient (Wildman–Crippen LogP) is 3.83. The summed E-state index contributed by atoms with van der Waals surface area (Å²) in [4.78, 5) is 37.8. The van der Waals surface area contributed by atoms with Crippen molar-refractivity contribution >= 4 is 18.2 Å². The first-order chi connectivity index (χ1) is 17.0. The lowest BCUT2D eigenvalue weighted by Gasteiger charge is -2.35. The number of piperazine rings is 1. The number of allylic oxidation sites excluding steroid dienone is 6. The molecule has 6 nitrogen and oxygen atoms in total.